The molecular weight excluding hydrogens is 193 g/mol. The van der Waals surface area contributed by atoms with Crippen LogP contribution in [0.25, 0.3) is 0 Å². The van der Waals surface area contributed by atoms with Crippen LogP contribution in [-0.2, 0) is 12.8 Å². The van der Waals surface area contributed by atoms with Gasteiger partial charge in [0.15, 0.2) is 0 Å². The lowest BCUT2D eigenvalue weighted by molar-refractivity contribution is 0.403. The maximum Gasteiger partial charge on any atom is 0.144 e. The lowest BCUT2D eigenvalue weighted by atomic mass is 9.89. The fourth-order valence-electron chi connectivity index (χ4n) is 2.13. The molecule has 2 nitrogen and oxygen atoms in total. The second kappa shape index (κ2) is 3.90. The summed E-state index contributed by atoms with van der Waals surface area (Å²) in [5, 5.41) is 8.79. The van der Waals surface area contributed by atoms with Crippen LogP contribution in [0.2, 0.25) is 0 Å². The number of nitriles is 1. The van der Waals surface area contributed by atoms with Crippen LogP contribution < -0.4 is 4.74 Å². The molecule has 15 heavy (non-hydrogen) atoms. The molecule has 78 valence electrons. The molecule has 0 spiro atoms. The first-order valence-corrected chi connectivity index (χ1v) is 5.06. The van der Waals surface area contributed by atoms with Gasteiger partial charge in [0.1, 0.15) is 17.6 Å². The van der Waals surface area contributed by atoms with E-state index in [4.69, 9.17) is 10.00 Å². The van der Waals surface area contributed by atoms with Crippen molar-refractivity contribution in [1.82, 2.24) is 0 Å². The van der Waals surface area contributed by atoms with Gasteiger partial charge < -0.3 is 4.74 Å². The minimum Gasteiger partial charge on any atom is -0.496 e. The largest absolute Gasteiger partial charge is 0.496 e. The van der Waals surface area contributed by atoms with Gasteiger partial charge in [-0.25, -0.2) is 4.39 Å². The number of benzene rings is 1. The van der Waals surface area contributed by atoms with Gasteiger partial charge in [-0.2, -0.15) is 5.26 Å². The number of hydrogen-bond donors (Lipinski definition) is 0. The summed E-state index contributed by atoms with van der Waals surface area (Å²) in [4.78, 5) is 0. The Morgan fingerprint density at radius 3 is 2.60 bits per heavy atom. The molecule has 0 unspecified atom stereocenters. The number of hydrogen-bond acceptors (Lipinski definition) is 2. The SMILES string of the molecule is COc1cc(C#N)c(F)c2c1CCCC2. The highest BCUT2D eigenvalue weighted by Crippen LogP contribution is 2.33. The molecule has 0 radical (unpaired) electrons. The van der Waals surface area contributed by atoms with Crippen LogP contribution in [0.15, 0.2) is 6.07 Å². The van der Waals surface area contributed by atoms with Crippen molar-refractivity contribution in [1.29, 1.82) is 5.26 Å². The first-order valence-electron chi connectivity index (χ1n) is 5.06. The third-order valence-electron chi connectivity index (χ3n) is 2.88. The molecule has 0 aromatic heterocycles. The third kappa shape index (κ3) is 1.56. The Bertz CT molecular complexity index is 434. The van der Waals surface area contributed by atoms with Gasteiger partial charge in [0.25, 0.3) is 0 Å². The van der Waals surface area contributed by atoms with Crippen LogP contribution in [0, 0.1) is 17.1 Å². The number of fused-ring (bicyclic) bond motifs is 1. The Labute approximate surface area is 88.3 Å². The minimum absolute atomic E-state index is 0.0903. The molecule has 0 aliphatic heterocycles. The van der Waals surface area contributed by atoms with E-state index in [2.05, 4.69) is 0 Å². The summed E-state index contributed by atoms with van der Waals surface area (Å²) in [5.74, 6) is 0.302. The maximum atomic E-state index is 13.8. The highest BCUT2D eigenvalue weighted by atomic mass is 19.1. The molecule has 1 aliphatic carbocycles. The van der Waals surface area contributed by atoms with Crippen molar-refractivity contribution in [2.24, 2.45) is 0 Å². The first kappa shape index (κ1) is 9.97. The lowest BCUT2D eigenvalue weighted by Crippen LogP contribution is -2.09. The van der Waals surface area contributed by atoms with E-state index >= 15 is 0 Å². The summed E-state index contributed by atoms with van der Waals surface area (Å²) < 4.78 is 19.0. The Balaban J connectivity index is 2.65. The molecule has 0 saturated carbocycles. The second-order valence-electron chi connectivity index (χ2n) is 3.72. The maximum absolute atomic E-state index is 13.8. The third-order valence-corrected chi connectivity index (χ3v) is 2.88. The Hall–Kier alpha value is -1.56. The summed E-state index contributed by atoms with van der Waals surface area (Å²) in [7, 11) is 1.56. The molecule has 0 bridgehead atoms. The Kier molecular flexibility index (Phi) is 2.59. The summed E-state index contributed by atoms with van der Waals surface area (Å²) in [6.07, 6.45) is 3.62. The van der Waals surface area contributed by atoms with Crippen molar-refractivity contribution in [3.63, 3.8) is 0 Å². The van der Waals surface area contributed by atoms with E-state index in [9.17, 15) is 4.39 Å². The minimum atomic E-state index is -0.354. The molecular formula is C12H12FNO. The summed E-state index contributed by atoms with van der Waals surface area (Å²) in [6, 6.07) is 3.36. The van der Waals surface area contributed by atoms with Gasteiger partial charge in [0.2, 0.25) is 0 Å². The van der Waals surface area contributed by atoms with Crippen LogP contribution in [0.3, 0.4) is 0 Å². The van der Waals surface area contributed by atoms with E-state index in [-0.39, 0.29) is 11.4 Å². The zero-order valence-corrected chi connectivity index (χ0v) is 8.64. The van der Waals surface area contributed by atoms with Crippen molar-refractivity contribution in [2.45, 2.75) is 25.7 Å². The zero-order chi connectivity index (χ0) is 10.8. The molecule has 0 amide bonds. The van der Waals surface area contributed by atoms with Crippen LogP contribution in [0.5, 0.6) is 5.75 Å². The quantitative estimate of drug-likeness (QED) is 0.706. The van der Waals surface area contributed by atoms with Crippen LogP contribution in [-0.4, -0.2) is 7.11 Å². The monoisotopic (exact) mass is 205 g/mol. The van der Waals surface area contributed by atoms with Crippen molar-refractivity contribution >= 4 is 0 Å². The standard InChI is InChI=1S/C12H12FNO/c1-15-11-6-8(7-14)12(13)10-5-3-2-4-9(10)11/h6H,2-5H2,1H3. The molecule has 0 fully saturated rings. The smallest absolute Gasteiger partial charge is 0.144 e. The number of methoxy groups -OCH3 is 1. The number of halogens is 1. The van der Waals surface area contributed by atoms with E-state index in [1.165, 1.54) is 6.07 Å². The van der Waals surface area contributed by atoms with Crippen LogP contribution >= 0.6 is 0 Å². The zero-order valence-electron chi connectivity index (χ0n) is 8.64. The molecule has 1 aliphatic rings. The first-order chi connectivity index (χ1) is 7.27. The number of nitrogens with zero attached hydrogens (tertiary/aromatic N) is 1. The van der Waals surface area contributed by atoms with Crippen molar-refractivity contribution in [3.05, 3.63) is 28.6 Å². The fourth-order valence-corrected chi connectivity index (χ4v) is 2.13. The summed E-state index contributed by atoms with van der Waals surface area (Å²) in [5.41, 5.74) is 1.71. The molecule has 0 saturated heterocycles. The normalized spacial score (nSPS) is 14.2. The average molecular weight is 205 g/mol. The molecule has 2 rings (SSSR count). The molecule has 0 N–H and O–H groups in total. The number of ether oxygens (including phenoxy) is 1. The Morgan fingerprint density at radius 1 is 1.33 bits per heavy atom. The van der Waals surface area contributed by atoms with Gasteiger partial charge in [0, 0.05) is 11.6 Å². The lowest BCUT2D eigenvalue weighted by Gasteiger charge is -2.19. The predicted octanol–water partition coefficient (Wildman–Crippen LogP) is 2.58. The highest BCUT2D eigenvalue weighted by Gasteiger charge is 2.21. The van der Waals surface area contributed by atoms with E-state index in [1.54, 1.807) is 7.11 Å². The van der Waals surface area contributed by atoms with Crippen molar-refractivity contribution < 1.29 is 9.13 Å². The molecule has 1 aromatic rings. The van der Waals surface area contributed by atoms with Crippen LogP contribution in [0.1, 0.15) is 29.5 Å². The van der Waals surface area contributed by atoms with Gasteiger partial charge in [-0.05, 0) is 31.2 Å². The van der Waals surface area contributed by atoms with Gasteiger partial charge in [-0.3, -0.25) is 0 Å². The van der Waals surface area contributed by atoms with Gasteiger partial charge in [-0.15, -0.1) is 0 Å². The van der Waals surface area contributed by atoms with Gasteiger partial charge in [0.05, 0.1) is 12.7 Å². The highest BCUT2D eigenvalue weighted by molar-refractivity contribution is 5.50. The summed E-state index contributed by atoms with van der Waals surface area (Å²) in [6.45, 7) is 0. The fraction of sp³-hybridized carbons (Fsp3) is 0.417. The van der Waals surface area contributed by atoms with Crippen LogP contribution in [0.4, 0.5) is 4.39 Å². The molecule has 0 atom stereocenters. The van der Waals surface area contributed by atoms with E-state index in [0.717, 1.165) is 24.8 Å². The molecule has 3 heteroatoms. The predicted molar refractivity (Wildman–Crippen MR) is 54.3 cm³/mol. The van der Waals surface area contributed by atoms with E-state index < -0.39 is 0 Å². The Morgan fingerprint density at radius 2 is 2.00 bits per heavy atom. The molecule has 0 heterocycles. The summed E-state index contributed by atoms with van der Waals surface area (Å²) >= 11 is 0. The average Bonchev–Trinajstić information content (AvgIpc) is 2.30. The van der Waals surface area contributed by atoms with Gasteiger partial charge in [-0.1, -0.05) is 0 Å². The number of rotatable bonds is 1. The van der Waals surface area contributed by atoms with Gasteiger partial charge >= 0.3 is 0 Å². The van der Waals surface area contributed by atoms with Crippen molar-refractivity contribution in [3.8, 4) is 11.8 Å². The topological polar surface area (TPSA) is 33.0 Å². The second-order valence-corrected chi connectivity index (χ2v) is 3.72. The molecule has 1 aromatic carbocycles. The van der Waals surface area contributed by atoms with Crippen molar-refractivity contribution in [2.75, 3.05) is 7.11 Å². The van der Waals surface area contributed by atoms with E-state index in [1.807, 2.05) is 6.07 Å². The van der Waals surface area contributed by atoms with E-state index in [0.29, 0.717) is 17.7 Å².